The number of aromatic amines is 1. The van der Waals surface area contributed by atoms with Crippen molar-refractivity contribution in [2.75, 3.05) is 18.5 Å². The van der Waals surface area contributed by atoms with Gasteiger partial charge in [-0.2, -0.15) is 5.26 Å². The number of aliphatic imine (C=N–C) groups is 1. The number of nitrogens with zero attached hydrogens (tertiary/aromatic N) is 2. The van der Waals surface area contributed by atoms with Crippen LogP contribution in [0.1, 0.15) is 24.0 Å². The van der Waals surface area contributed by atoms with Gasteiger partial charge in [0.2, 0.25) is 0 Å². The highest BCUT2D eigenvalue weighted by molar-refractivity contribution is 6.03. The van der Waals surface area contributed by atoms with Crippen LogP contribution in [0.5, 0.6) is 0 Å². The summed E-state index contributed by atoms with van der Waals surface area (Å²) in [5.41, 5.74) is 7.84. The van der Waals surface area contributed by atoms with Crippen LogP contribution in [0, 0.1) is 11.3 Å². The molecule has 0 bridgehead atoms. The molecule has 0 saturated carbocycles. The number of pyridine rings is 1. The molecule has 4 N–H and O–H groups in total. The van der Waals surface area contributed by atoms with Gasteiger partial charge < -0.3 is 20.8 Å². The van der Waals surface area contributed by atoms with Gasteiger partial charge in [0.1, 0.15) is 11.4 Å². The van der Waals surface area contributed by atoms with E-state index in [4.69, 9.17) is 15.7 Å². The van der Waals surface area contributed by atoms with E-state index < -0.39 is 0 Å². The second-order valence-corrected chi connectivity index (χ2v) is 5.81. The predicted octanol–water partition coefficient (Wildman–Crippen LogP) is 1.87. The molecule has 25 heavy (non-hydrogen) atoms. The first-order valence-corrected chi connectivity index (χ1v) is 8.08. The van der Waals surface area contributed by atoms with Gasteiger partial charge in [0.15, 0.2) is 0 Å². The summed E-state index contributed by atoms with van der Waals surface area (Å²) >= 11 is 0. The number of hydrogen-bond donors (Lipinski definition) is 3. The molecule has 0 spiro atoms. The minimum Gasteiger partial charge on any atom is -0.383 e. The zero-order valence-corrected chi connectivity index (χ0v) is 13.7. The van der Waals surface area contributed by atoms with Crippen LogP contribution >= 0.6 is 0 Å². The van der Waals surface area contributed by atoms with Gasteiger partial charge in [0, 0.05) is 18.8 Å². The largest absolute Gasteiger partial charge is 0.383 e. The van der Waals surface area contributed by atoms with Gasteiger partial charge in [0.25, 0.3) is 5.56 Å². The number of aromatic nitrogens is 1. The second-order valence-electron chi connectivity index (χ2n) is 5.81. The first kappa shape index (κ1) is 16.7. The number of nitrogens with one attached hydrogen (secondary N) is 2. The van der Waals surface area contributed by atoms with Crippen LogP contribution in [-0.4, -0.2) is 30.1 Å². The quantitative estimate of drug-likeness (QED) is 0.582. The fourth-order valence-electron chi connectivity index (χ4n) is 2.73. The van der Waals surface area contributed by atoms with Crippen molar-refractivity contribution >= 4 is 17.2 Å². The van der Waals surface area contributed by atoms with Gasteiger partial charge >= 0.3 is 0 Å². The SMILES string of the molecule is N#Cc1ccc(N=C(N)c2c(N[C@@H]3CCCOC3)cc[nH]c2=O)cc1. The average Bonchev–Trinajstić information content (AvgIpc) is 2.63. The Morgan fingerprint density at radius 2 is 2.16 bits per heavy atom. The average molecular weight is 337 g/mol. The highest BCUT2D eigenvalue weighted by Crippen LogP contribution is 2.18. The maximum atomic E-state index is 12.3. The third-order valence-corrected chi connectivity index (χ3v) is 3.98. The number of ether oxygens (including phenoxy) is 1. The fraction of sp³-hybridized carbons (Fsp3) is 0.278. The molecule has 1 aromatic heterocycles. The van der Waals surface area contributed by atoms with Gasteiger partial charge in [-0.3, -0.25) is 4.79 Å². The summed E-state index contributed by atoms with van der Waals surface area (Å²) in [6, 6.07) is 10.6. The number of hydrogen-bond acceptors (Lipinski definition) is 5. The zero-order valence-electron chi connectivity index (χ0n) is 13.7. The highest BCUT2D eigenvalue weighted by Gasteiger charge is 2.18. The van der Waals surface area contributed by atoms with E-state index >= 15 is 0 Å². The topological polar surface area (TPSA) is 116 Å². The standard InChI is InChI=1S/C18H19N5O2/c19-10-12-3-5-13(6-4-12)23-17(20)16-15(7-8-21-18(16)24)22-14-2-1-9-25-11-14/h3-8,14H,1-2,9,11H2,(H2,20,23)(H2,21,22,24)/t14-/m1/s1. The fourth-order valence-corrected chi connectivity index (χ4v) is 2.73. The molecular weight excluding hydrogens is 318 g/mol. The number of nitrogens with two attached hydrogens (primary N) is 1. The molecule has 0 amide bonds. The Bertz CT molecular complexity index is 858. The van der Waals surface area contributed by atoms with E-state index in [1.807, 2.05) is 6.07 Å². The molecule has 1 aliphatic rings. The monoisotopic (exact) mass is 337 g/mol. The lowest BCUT2D eigenvalue weighted by Crippen LogP contribution is -2.33. The smallest absolute Gasteiger partial charge is 0.261 e. The van der Waals surface area contributed by atoms with Crippen molar-refractivity contribution < 1.29 is 4.74 Å². The number of benzene rings is 1. The molecule has 1 saturated heterocycles. The minimum atomic E-state index is -0.309. The molecule has 1 aliphatic heterocycles. The van der Waals surface area contributed by atoms with E-state index in [1.54, 1.807) is 36.5 Å². The molecule has 0 aliphatic carbocycles. The Labute approximate surface area is 145 Å². The maximum Gasteiger partial charge on any atom is 0.261 e. The van der Waals surface area contributed by atoms with Crippen molar-refractivity contribution in [1.82, 2.24) is 4.98 Å². The van der Waals surface area contributed by atoms with Gasteiger partial charge in [-0.05, 0) is 43.2 Å². The first-order chi connectivity index (χ1) is 12.2. The number of anilines is 1. The van der Waals surface area contributed by atoms with E-state index in [1.165, 1.54) is 0 Å². The maximum absolute atomic E-state index is 12.3. The summed E-state index contributed by atoms with van der Waals surface area (Å²) in [5, 5.41) is 12.2. The normalized spacial score (nSPS) is 17.7. The lowest BCUT2D eigenvalue weighted by atomic mass is 10.1. The van der Waals surface area contributed by atoms with Crippen molar-refractivity contribution in [2.24, 2.45) is 10.7 Å². The van der Waals surface area contributed by atoms with Crippen molar-refractivity contribution in [1.29, 1.82) is 5.26 Å². The molecule has 7 heteroatoms. The third kappa shape index (κ3) is 4.05. The van der Waals surface area contributed by atoms with Crippen LogP contribution < -0.4 is 16.6 Å². The number of rotatable bonds is 4. The number of nitriles is 1. The van der Waals surface area contributed by atoms with Crippen molar-refractivity contribution in [3.05, 3.63) is 58.0 Å². The summed E-state index contributed by atoms with van der Waals surface area (Å²) in [6.07, 6.45) is 3.52. The molecule has 128 valence electrons. The van der Waals surface area contributed by atoms with E-state index in [2.05, 4.69) is 15.3 Å². The third-order valence-electron chi connectivity index (χ3n) is 3.98. The Kier molecular flexibility index (Phi) is 5.11. The van der Waals surface area contributed by atoms with Crippen molar-refractivity contribution in [3.63, 3.8) is 0 Å². The Balaban J connectivity index is 1.90. The van der Waals surface area contributed by atoms with Crippen LogP contribution in [0.15, 0.2) is 46.3 Å². The van der Waals surface area contributed by atoms with Gasteiger partial charge in [-0.1, -0.05) is 0 Å². The molecule has 3 rings (SSSR count). The summed E-state index contributed by atoms with van der Waals surface area (Å²) in [4.78, 5) is 19.2. The van der Waals surface area contributed by atoms with Crippen LogP contribution in [0.25, 0.3) is 0 Å². The van der Waals surface area contributed by atoms with Gasteiger partial charge in [0.05, 0.1) is 29.6 Å². The zero-order chi connectivity index (χ0) is 17.6. The summed E-state index contributed by atoms with van der Waals surface area (Å²) in [7, 11) is 0. The Morgan fingerprint density at radius 3 is 2.84 bits per heavy atom. The van der Waals surface area contributed by atoms with Crippen LogP contribution in [0.3, 0.4) is 0 Å². The number of amidine groups is 1. The molecule has 7 nitrogen and oxygen atoms in total. The molecule has 2 aromatic rings. The lowest BCUT2D eigenvalue weighted by Gasteiger charge is -2.25. The van der Waals surface area contributed by atoms with Gasteiger partial charge in [-0.25, -0.2) is 4.99 Å². The summed E-state index contributed by atoms with van der Waals surface area (Å²) in [5.74, 6) is 0.116. The molecular formula is C18H19N5O2. The first-order valence-electron chi connectivity index (χ1n) is 8.08. The van der Waals surface area contributed by atoms with Crippen LogP contribution in [0.4, 0.5) is 11.4 Å². The summed E-state index contributed by atoms with van der Waals surface area (Å²) in [6.45, 7) is 1.36. The van der Waals surface area contributed by atoms with E-state index in [-0.39, 0.29) is 17.4 Å². The van der Waals surface area contributed by atoms with Crippen LogP contribution in [-0.2, 0) is 4.74 Å². The molecule has 2 heterocycles. The molecule has 0 radical (unpaired) electrons. The van der Waals surface area contributed by atoms with E-state index in [0.29, 0.717) is 29.1 Å². The lowest BCUT2D eigenvalue weighted by molar-refractivity contribution is 0.0876. The molecule has 1 aromatic carbocycles. The predicted molar refractivity (Wildman–Crippen MR) is 96.1 cm³/mol. The number of H-pyrrole nitrogens is 1. The van der Waals surface area contributed by atoms with Crippen molar-refractivity contribution in [3.8, 4) is 6.07 Å². The molecule has 0 unspecified atom stereocenters. The van der Waals surface area contributed by atoms with Crippen LogP contribution in [0.2, 0.25) is 0 Å². The van der Waals surface area contributed by atoms with Crippen molar-refractivity contribution in [2.45, 2.75) is 18.9 Å². The molecule has 1 atom stereocenters. The van der Waals surface area contributed by atoms with Gasteiger partial charge in [-0.15, -0.1) is 0 Å². The van der Waals surface area contributed by atoms with E-state index in [9.17, 15) is 4.79 Å². The molecule has 1 fully saturated rings. The Morgan fingerprint density at radius 1 is 1.36 bits per heavy atom. The highest BCUT2D eigenvalue weighted by atomic mass is 16.5. The van der Waals surface area contributed by atoms with E-state index in [0.717, 1.165) is 19.4 Å². The second kappa shape index (κ2) is 7.64. The minimum absolute atomic E-state index is 0.116. The Hall–Kier alpha value is -3.11. The summed E-state index contributed by atoms with van der Waals surface area (Å²) < 4.78 is 5.47.